The highest BCUT2D eigenvalue weighted by atomic mass is 17.1. The number of ether oxygens (including phenoxy) is 1. The number of likely N-dealkylation sites (tertiary alicyclic amines) is 1. The molecule has 3 heterocycles. The molecule has 0 spiro atoms. The first-order chi connectivity index (χ1) is 17.8. The fourth-order valence-corrected chi connectivity index (χ4v) is 4.49. The summed E-state index contributed by atoms with van der Waals surface area (Å²) in [5.41, 5.74) is 3.06. The lowest BCUT2D eigenvalue weighted by molar-refractivity contribution is -0.139. The molecule has 0 unspecified atom stereocenters. The number of fused-ring (bicyclic) bond motifs is 1. The smallest absolute Gasteiger partial charge is 0.229 e. The first-order valence-corrected chi connectivity index (χ1v) is 12.5. The van der Waals surface area contributed by atoms with Gasteiger partial charge in [0.2, 0.25) is 11.7 Å². The normalized spacial score (nSPS) is 13.7. The largest absolute Gasteiger partial charge is 0.489 e. The SMILES string of the molecule is OOc1ccc(Nc2nccc(NCCc3cc4ccccc4[nH]3)n2)cc1OCCCN1CCCC1. The summed E-state index contributed by atoms with van der Waals surface area (Å²) in [6.45, 7) is 4.63. The van der Waals surface area contributed by atoms with E-state index >= 15 is 0 Å². The standard InChI is InChI=1S/C27H32N6O3/c34-36-24-9-8-21(19-25(24)35-17-5-16-33-14-3-4-15-33)31-27-29-13-11-26(32-27)28-12-10-22-18-20-6-1-2-7-23(20)30-22/h1-2,6-9,11,13,18-19,30,34H,3-5,10,12,14-17H2,(H2,28,29,31,32). The Morgan fingerprint density at radius 1 is 1.03 bits per heavy atom. The summed E-state index contributed by atoms with van der Waals surface area (Å²) in [5.74, 6) is 1.94. The first kappa shape index (κ1) is 23.9. The number of anilines is 3. The molecule has 1 fully saturated rings. The number of aromatic amines is 1. The van der Waals surface area contributed by atoms with Gasteiger partial charge in [-0.05, 0) is 68.1 Å². The van der Waals surface area contributed by atoms with Gasteiger partial charge in [0.25, 0.3) is 0 Å². The molecule has 4 aromatic rings. The van der Waals surface area contributed by atoms with Crippen LogP contribution in [0.25, 0.3) is 10.9 Å². The van der Waals surface area contributed by atoms with Crippen LogP contribution in [0.4, 0.5) is 17.5 Å². The van der Waals surface area contributed by atoms with Gasteiger partial charge in [0.1, 0.15) is 5.82 Å². The van der Waals surface area contributed by atoms with E-state index in [1.807, 2.05) is 18.2 Å². The summed E-state index contributed by atoms with van der Waals surface area (Å²) in [6, 6.07) is 17.5. The Labute approximate surface area is 210 Å². The molecular weight excluding hydrogens is 456 g/mol. The summed E-state index contributed by atoms with van der Waals surface area (Å²) in [6.07, 6.45) is 6.03. The number of H-pyrrole nitrogens is 1. The molecule has 0 amide bonds. The molecule has 2 aromatic heterocycles. The van der Waals surface area contributed by atoms with Crippen LogP contribution in [0.2, 0.25) is 0 Å². The summed E-state index contributed by atoms with van der Waals surface area (Å²) in [4.78, 5) is 19.3. The number of benzene rings is 2. The number of hydrogen-bond acceptors (Lipinski definition) is 8. The molecule has 5 rings (SSSR count). The van der Waals surface area contributed by atoms with E-state index in [0.717, 1.165) is 43.0 Å². The van der Waals surface area contributed by atoms with Crippen molar-refractivity contribution in [1.82, 2.24) is 19.9 Å². The van der Waals surface area contributed by atoms with E-state index in [4.69, 9.17) is 4.74 Å². The average molecular weight is 489 g/mol. The molecule has 36 heavy (non-hydrogen) atoms. The molecule has 0 atom stereocenters. The highest BCUT2D eigenvalue weighted by molar-refractivity contribution is 5.80. The van der Waals surface area contributed by atoms with Gasteiger partial charge in [-0.1, -0.05) is 18.2 Å². The maximum absolute atomic E-state index is 9.23. The topological polar surface area (TPSA) is 108 Å². The lowest BCUT2D eigenvalue weighted by Crippen LogP contribution is -2.21. The Morgan fingerprint density at radius 3 is 2.78 bits per heavy atom. The van der Waals surface area contributed by atoms with Crippen LogP contribution in [-0.2, 0) is 6.42 Å². The van der Waals surface area contributed by atoms with Gasteiger partial charge in [-0.25, -0.2) is 10.2 Å². The Bertz CT molecular complexity index is 1240. The molecule has 1 aliphatic rings. The zero-order chi connectivity index (χ0) is 24.6. The van der Waals surface area contributed by atoms with Crippen LogP contribution in [0.1, 0.15) is 25.0 Å². The van der Waals surface area contributed by atoms with Crippen LogP contribution in [0.3, 0.4) is 0 Å². The predicted octanol–water partition coefficient (Wildman–Crippen LogP) is 5.07. The molecule has 9 nitrogen and oxygen atoms in total. The number of rotatable bonds is 12. The molecule has 1 saturated heterocycles. The van der Waals surface area contributed by atoms with Crippen LogP contribution in [0, 0.1) is 0 Å². The summed E-state index contributed by atoms with van der Waals surface area (Å²) in [7, 11) is 0. The van der Waals surface area contributed by atoms with Crippen molar-refractivity contribution in [2.45, 2.75) is 25.7 Å². The average Bonchev–Trinajstić information content (AvgIpc) is 3.57. The van der Waals surface area contributed by atoms with Gasteiger partial charge in [-0.3, -0.25) is 0 Å². The Morgan fingerprint density at radius 2 is 1.92 bits per heavy atom. The van der Waals surface area contributed by atoms with Gasteiger partial charge in [0.05, 0.1) is 6.61 Å². The van der Waals surface area contributed by atoms with Gasteiger partial charge in [0, 0.05) is 48.7 Å². The van der Waals surface area contributed by atoms with E-state index in [1.165, 1.54) is 37.0 Å². The molecule has 0 radical (unpaired) electrons. The minimum atomic E-state index is 0.273. The van der Waals surface area contributed by atoms with E-state index in [0.29, 0.717) is 18.3 Å². The zero-order valence-electron chi connectivity index (χ0n) is 20.2. The van der Waals surface area contributed by atoms with Crippen LogP contribution < -0.4 is 20.3 Å². The highest BCUT2D eigenvalue weighted by Crippen LogP contribution is 2.31. The molecule has 0 saturated carbocycles. The second-order valence-electron chi connectivity index (χ2n) is 8.95. The number of hydrogen-bond donors (Lipinski definition) is 4. The zero-order valence-corrected chi connectivity index (χ0v) is 20.2. The van der Waals surface area contributed by atoms with Gasteiger partial charge in [0.15, 0.2) is 5.75 Å². The lowest BCUT2D eigenvalue weighted by Gasteiger charge is -2.15. The van der Waals surface area contributed by atoms with E-state index in [1.54, 1.807) is 24.4 Å². The summed E-state index contributed by atoms with van der Waals surface area (Å²) in [5, 5.41) is 17.0. The van der Waals surface area contributed by atoms with Crippen molar-refractivity contribution in [2.24, 2.45) is 0 Å². The van der Waals surface area contributed by atoms with E-state index in [9.17, 15) is 5.26 Å². The second-order valence-corrected chi connectivity index (χ2v) is 8.95. The van der Waals surface area contributed by atoms with Crippen LogP contribution >= 0.6 is 0 Å². The molecule has 0 aliphatic carbocycles. The highest BCUT2D eigenvalue weighted by Gasteiger charge is 2.12. The van der Waals surface area contributed by atoms with Crippen molar-refractivity contribution in [3.8, 4) is 11.5 Å². The predicted molar refractivity (Wildman–Crippen MR) is 141 cm³/mol. The Balaban J connectivity index is 1.15. The van der Waals surface area contributed by atoms with E-state index < -0.39 is 0 Å². The molecule has 9 heteroatoms. The summed E-state index contributed by atoms with van der Waals surface area (Å²) >= 11 is 0. The minimum absolute atomic E-state index is 0.273. The van der Waals surface area contributed by atoms with Crippen molar-refractivity contribution in [2.75, 3.05) is 43.4 Å². The second kappa shape index (κ2) is 11.7. The molecule has 4 N–H and O–H groups in total. The van der Waals surface area contributed by atoms with Gasteiger partial charge in [-0.15, -0.1) is 0 Å². The maximum atomic E-state index is 9.23. The third kappa shape index (κ3) is 6.24. The number of para-hydroxylation sites is 1. The Kier molecular flexibility index (Phi) is 7.80. The molecule has 0 bridgehead atoms. The number of nitrogens with zero attached hydrogens (tertiary/aromatic N) is 3. The quantitative estimate of drug-likeness (QED) is 0.124. The first-order valence-electron chi connectivity index (χ1n) is 12.5. The minimum Gasteiger partial charge on any atom is -0.489 e. The van der Waals surface area contributed by atoms with E-state index in [2.05, 4.69) is 53.6 Å². The third-order valence-corrected chi connectivity index (χ3v) is 6.31. The molecule has 188 valence electrons. The van der Waals surface area contributed by atoms with Crippen molar-refractivity contribution < 1.29 is 14.9 Å². The van der Waals surface area contributed by atoms with Crippen molar-refractivity contribution >= 4 is 28.4 Å². The lowest BCUT2D eigenvalue weighted by atomic mass is 10.2. The van der Waals surface area contributed by atoms with Gasteiger partial charge < -0.3 is 30.1 Å². The Hall–Kier alpha value is -3.82. The van der Waals surface area contributed by atoms with Gasteiger partial charge >= 0.3 is 0 Å². The van der Waals surface area contributed by atoms with E-state index in [-0.39, 0.29) is 5.75 Å². The molecule has 1 aliphatic heterocycles. The molecule has 2 aromatic carbocycles. The van der Waals surface area contributed by atoms with Crippen molar-refractivity contribution in [3.63, 3.8) is 0 Å². The summed E-state index contributed by atoms with van der Waals surface area (Å²) < 4.78 is 5.90. The third-order valence-electron chi connectivity index (χ3n) is 6.31. The number of aromatic nitrogens is 3. The van der Waals surface area contributed by atoms with Crippen LogP contribution in [0.5, 0.6) is 11.5 Å². The van der Waals surface area contributed by atoms with Crippen molar-refractivity contribution in [3.05, 3.63) is 66.5 Å². The molecular formula is C27H32N6O3. The van der Waals surface area contributed by atoms with Crippen molar-refractivity contribution in [1.29, 1.82) is 0 Å². The fourth-order valence-electron chi connectivity index (χ4n) is 4.49. The van der Waals surface area contributed by atoms with Crippen LogP contribution in [-0.4, -0.2) is 57.9 Å². The maximum Gasteiger partial charge on any atom is 0.229 e. The van der Waals surface area contributed by atoms with Gasteiger partial charge in [-0.2, -0.15) is 4.98 Å². The van der Waals surface area contributed by atoms with Crippen LogP contribution in [0.15, 0.2) is 60.8 Å². The monoisotopic (exact) mass is 488 g/mol. The number of nitrogens with one attached hydrogen (secondary N) is 3. The fraction of sp³-hybridized carbons (Fsp3) is 0.333.